The van der Waals surface area contributed by atoms with Crippen molar-refractivity contribution in [3.8, 4) is 17.0 Å². The zero-order valence-corrected chi connectivity index (χ0v) is 28.9. The third kappa shape index (κ3) is 7.10. The maximum Gasteiger partial charge on any atom is 0.433 e. The molecule has 2 aliphatic heterocycles. The number of aromatic nitrogens is 2. The van der Waals surface area contributed by atoms with Gasteiger partial charge in [0.15, 0.2) is 17.3 Å². The van der Waals surface area contributed by atoms with Gasteiger partial charge in [0.05, 0.1) is 42.7 Å². The standard InChI is InChI=1S/C37H34F8N4O5/c1-18(20-15-53-16-20)8-11-54-26-7-4-19(29(38)30(26)39)12-25-32(50)28(34(52)35(49(25)2)9-3-10-35)33(51)31(46)22-6-5-21(36(40,41)42)13-23(22)24-14-27(37(43,44)45)48-17-47-24/h4-7,13-14,17-18,20,25,46,52H,3,8-12,15-16H2,1-2H3. The van der Waals surface area contributed by atoms with E-state index in [0.717, 1.165) is 0 Å². The Balaban J connectivity index is 1.31. The van der Waals surface area contributed by atoms with E-state index in [0.29, 0.717) is 62.6 Å². The van der Waals surface area contributed by atoms with E-state index in [1.807, 2.05) is 6.92 Å². The number of alkyl halides is 6. The predicted octanol–water partition coefficient (Wildman–Crippen LogP) is 7.31. The van der Waals surface area contributed by atoms with Crippen LogP contribution in [-0.2, 0) is 33.1 Å². The number of likely N-dealkylation sites (N-methyl/N-ethyl adjacent to an activating group) is 1. The molecule has 2 fully saturated rings. The lowest BCUT2D eigenvalue weighted by Gasteiger charge is -2.53. The largest absolute Gasteiger partial charge is 0.509 e. The molecule has 54 heavy (non-hydrogen) atoms. The van der Waals surface area contributed by atoms with Crippen LogP contribution in [0.4, 0.5) is 35.1 Å². The molecule has 9 nitrogen and oxygen atoms in total. The summed E-state index contributed by atoms with van der Waals surface area (Å²) in [4.78, 5) is 36.4. The molecule has 288 valence electrons. The second kappa shape index (κ2) is 14.5. The molecule has 2 aromatic carbocycles. The number of ketones is 2. The molecule has 0 amide bonds. The summed E-state index contributed by atoms with van der Waals surface area (Å²) in [5.74, 6) is -5.56. The Kier molecular flexibility index (Phi) is 10.4. The highest BCUT2D eigenvalue weighted by Crippen LogP contribution is 2.48. The molecule has 1 aromatic heterocycles. The summed E-state index contributed by atoms with van der Waals surface area (Å²) in [7, 11) is 1.46. The molecule has 6 rings (SSSR count). The second-order valence-electron chi connectivity index (χ2n) is 13.8. The summed E-state index contributed by atoms with van der Waals surface area (Å²) in [5, 5.41) is 20.2. The quantitative estimate of drug-likeness (QED) is 0.118. The smallest absolute Gasteiger partial charge is 0.433 e. The van der Waals surface area contributed by atoms with Gasteiger partial charge in [-0.2, -0.15) is 30.7 Å². The number of ether oxygens (including phenoxy) is 2. The Hall–Kier alpha value is -4.77. The minimum absolute atomic E-state index is 0.114. The Morgan fingerprint density at radius 2 is 1.76 bits per heavy atom. The summed E-state index contributed by atoms with van der Waals surface area (Å²) >= 11 is 0. The molecule has 3 aromatic rings. The van der Waals surface area contributed by atoms with Gasteiger partial charge in [0.2, 0.25) is 11.6 Å². The highest BCUT2D eigenvalue weighted by Gasteiger charge is 2.55. The summed E-state index contributed by atoms with van der Waals surface area (Å²) in [6.45, 7) is 3.37. The highest BCUT2D eigenvalue weighted by molar-refractivity contribution is 6.56. The van der Waals surface area contributed by atoms with E-state index in [1.165, 1.54) is 24.1 Å². The van der Waals surface area contributed by atoms with Crippen LogP contribution in [0.15, 0.2) is 54.1 Å². The van der Waals surface area contributed by atoms with Gasteiger partial charge in [-0.3, -0.25) is 19.9 Å². The number of carbonyl (C=O) groups excluding carboxylic acids is 2. The molecule has 3 aliphatic rings. The molecule has 17 heteroatoms. The molecular formula is C37H34F8N4O5. The average Bonchev–Trinajstić information content (AvgIpc) is 3.06. The third-order valence-electron chi connectivity index (χ3n) is 10.7. The predicted molar refractivity (Wildman–Crippen MR) is 176 cm³/mol. The van der Waals surface area contributed by atoms with Crippen LogP contribution in [0, 0.1) is 28.9 Å². The lowest BCUT2D eigenvalue weighted by Crippen LogP contribution is -2.64. The monoisotopic (exact) mass is 766 g/mol. The molecule has 0 radical (unpaired) electrons. The molecule has 1 aliphatic carbocycles. The van der Waals surface area contributed by atoms with E-state index in [1.54, 1.807) is 0 Å². The van der Waals surface area contributed by atoms with E-state index in [4.69, 9.17) is 14.9 Å². The lowest BCUT2D eigenvalue weighted by atomic mass is 9.67. The first-order chi connectivity index (χ1) is 25.3. The third-order valence-corrected chi connectivity index (χ3v) is 10.7. The second-order valence-corrected chi connectivity index (χ2v) is 13.8. The number of hydrogen-bond donors (Lipinski definition) is 2. The van der Waals surface area contributed by atoms with Gasteiger partial charge in [-0.1, -0.05) is 19.1 Å². The van der Waals surface area contributed by atoms with Crippen LogP contribution in [0.5, 0.6) is 5.75 Å². The van der Waals surface area contributed by atoms with E-state index in [-0.39, 0.29) is 36.7 Å². The summed E-state index contributed by atoms with van der Waals surface area (Å²) < 4.78 is 123. The first kappa shape index (κ1) is 38.9. The lowest BCUT2D eigenvalue weighted by molar-refractivity contribution is -0.141. The number of benzene rings is 2. The zero-order chi connectivity index (χ0) is 39.3. The Morgan fingerprint density at radius 3 is 2.35 bits per heavy atom. The molecule has 2 unspecified atom stereocenters. The van der Waals surface area contributed by atoms with Crippen LogP contribution in [0.2, 0.25) is 0 Å². The minimum atomic E-state index is -5.02. The number of aliphatic hydroxyl groups excluding tert-OH is 1. The number of halogens is 8. The Morgan fingerprint density at radius 1 is 1.06 bits per heavy atom. The van der Waals surface area contributed by atoms with Gasteiger partial charge in [0.25, 0.3) is 0 Å². The van der Waals surface area contributed by atoms with Crippen molar-refractivity contribution in [1.82, 2.24) is 14.9 Å². The molecule has 1 spiro atoms. The van der Waals surface area contributed by atoms with Gasteiger partial charge >= 0.3 is 12.4 Å². The molecule has 1 saturated heterocycles. The zero-order valence-electron chi connectivity index (χ0n) is 28.9. The topological polar surface area (TPSA) is 126 Å². The van der Waals surface area contributed by atoms with Gasteiger partial charge in [-0.25, -0.2) is 14.4 Å². The van der Waals surface area contributed by atoms with Gasteiger partial charge in [0, 0.05) is 17.0 Å². The van der Waals surface area contributed by atoms with Crippen molar-refractivity contribution in [2.75, 3.05) is 26.9 Å². The number of carbonyl (C=O) groups is 2. The van der Waals surface area contributed by atoms with Crippen molar-refractivity contribution in [3.05, 3.63) is 88.1 Å². The van der Waals surface area contributed by atoms with Gasteiger partial charge in [-0.05, 0) is 74.9 Å². The molecule has 2 N–H and O–H groups in total. The Bertz CT molecular complexity index is 2020. The molecule has 2 atom stereocenters. The van der Waals surface area contributed by atoms with Crippen molar-refractivity contribution in [2.45, 2.75) is 63.0 Å². The van der Waals surface area contributed by atoms with Crippen LogP contribution in [0.3, 0.4) is 0 Å². The van der Waals surface area contributed by atoms with Crippen LogP contribution in [0.25, 0.3) is 11.3 Å². The SMILES string of the molecule is CC(CCOc1ccc(CC2C(=O)C(C(=O)C(=N)c3ccc(C(F)(F)F)cc3-c3cc(C(F)(F)F)ncn3)=C(O)C3(CCC3)N2C)c(F)c1F)C1COC1. The number of hydrogen-bond acceptors (Lipinski definition) is 9. The fraction of sp³-hybridized carbons (Fsp3) is 0.432. The van der Waals surface area contributed by atoms with Crippen LogP contribution >= 0.6 is 0 Å². The van der Waals surface area contributed by atoms with Crippen molar-refractivity contribution in [1.29, 1.82) is 5.41 Å². The maximum absolute atomic E-state index is 15.5. The van der Waals surface area contributed by atoms with Crippen molar-refractivity contribution in [3.63, 3.8) is 0 Å². The van der Waals surface area contributed by atoms with Gasteiger partial charge in [0.1, 0.15) is 29.1 Å². The van der Waals surface area contributed by atoms with Crippen LogP contribution < -0.4 is 4.74 Å². The summed E-state index contributed by atoms with van der Waals surface area (Å²) in [6, 6.07) is 3.03. The number of rotatable bonds is 11. The highest BCUT2D eigenvalue weighted by atomic mass is 19.4. The molecule has 1 saturated carbocycles. The van der Waals surface area contributed by atoms with Crippen molar-refractivity contribution >= 4 is 17.3 Å². The summed E-state index contributed by atoms with van der Waals surface area (Å²) in [6.07, 6.45) is -8.47. The summed E-state index contributed by atoms with van der Waals surface area (Å²) in [5.41, 5.74) is -8.45. The fourth-order valence-corrected chi connectivity index (χ4v) is 6.99. The van der Waals surface area contributed by atoms with E-state index in [2.05, 4.69) is 9.97 Å². The van der Waals surface area contributed by atoms with Crippen molar-refractivity contribution < 1.29 is 59.3 Å². The molecule has 3 heterocycles. The normalized spacial score (nSPS) is 19.7. The number of nitrogens with one attached hydrogen (secondary N) is 1. The molecular weight excluding hydrogens is 732 g/mol. The first-order valence-electron chi connectivity index (χ1n) is 17.0. The van der Waals surface area contributed by atoms with Crippen LogP contribution in [-0.4, -0.2) is 75.7 Å². The first-order valence-corrected chi connectivity index (χ1v) is 17.0. The fourth-order valence-electron chi connectivity index (χ4n) is 6.99. The molecule has 0 bridgehead atoms. The van der Waals surface area contributed by atoms with E-state index in [9.17, 15) is 41.0 Å². The van der Waals surface area contributed by atoms with Gasteiger partial charge in [-0.15, -0.1) is 0 Å². The van der Waals surface area contributed by atoms with E-state index < -0.39 is 98.7 Å². The van der Waals surface area contributed by atoms with E-state index >= 15 is 8.78 Å². The number of nitrogens with zero attached hydrogens (tertiary/aromatic N) is 3. The van der Waals surface area contributed by atoms with Crippen LogP contribution in [0.1, 0.15) is 55.0 Å². The average molecular weight is 767 g/mol. The number of Topliss-reactive ketones (excluding diaryl/α,β-unsaturated/α-hetero) is 2. The van der Waals surface area contributed by atoms with Crippen molar-refractivity contribution in [2.24, 2.45) is 11.8 Å². The minimum Gasteiger partial charge on any atom is -0.509 e. The van der Waals surface area contributed by atoms with Gasteiger partial charge < -0.3 is 14.6 Å². The number of aliphatic hydroxyl groups is 1. The Labute approximate surface area is 303 Å². The maximum atomic E-state index is 15.5.